The maximum absolute atomic E-state index is 15.3. The van der Waals surface area contributed by atoms with Crippen LogP contribution in [0.2, 0.25) is 0 Å². The number of halogens is 2. The lowest BCUT2D eigenvalue weighted by Gasteiger charge is -2.50. The molecule has 3 aliphatic rings. The summed E-state index contributed by atoms with van der Waals surface area (Å²) in [6.07, 6.45) is 0.0483. The largest absolute Gasteiger partial charge is 0.510 e. The van der Waals surface area contributed by atoms with Gasteiger partial charge < -0.3 is 26.4 Å². The minimum atomic E-state index is -2.65. The molecule has 0 radical (unpaired) electrons. The predicted octanol–water partition coefficient (Wildman–Crippen LogP) is 1.66. The lowest BCUT2D eigenvalue weighted by atomic mass is 9.58. The van der Waals surface area contributed by atoms with Gasteiger partial charge in [0.1, 0.15) is 22.9 Å². The number of Topliss-reactive ketones (excluding diaryl/α,β-unsaturated/α-hetero) is 2. The lowest BCUT2D eigenvalue weighted by molar-refractivity contribution is -0.148. The first-order valence-electron chi connectivity index (χ1n) is 11.6. The van der Waals surface area contributed by atoms with Gasteiger partial charge in [-0.25, -0.2) is 4.39 Å². The second-order valence-corrected chi connectivity index (χ2v) is 11.3. The monoisotopic (exact) mass is 613 g/mol. The molecule has 0 fully saturated rings. The van der Waals surface area contributed by atoms with E-state index in [0.29, 0.717) is 15.7 Å². The number of carbonyl (C=O) groups is 3. The van der Waals surface area contributed by atoms with Gasteiger partial charge in [0, 0.05) is 38.8 Å². The molecule has 4 atom stereocenters. The summed E-state index contributed by atoms with van der Waals surface area (Å²) in [4.78, 5) is 40.6. The number of nitrogens with zero attached hydrogens (tertiary/aromatic N) is 1. The summed E-state index contributed by atoms with van der Waals surface area (Å²) in [6, 6.07) is 0.476. The van der Waals surface area contributed by atoms with Crippen molar-refractivity contribution in [2.24, 2.45) is 17.6 Å². The average Bonchev–Trinajstić information content (AvgIpc) is 2.77. The minimum Gasteiger partial charge on any atom is -0.510 e. The van der Waals surface area contributed by atoms with Crippen LogP contribution in [0.5, 0.6) is 0 Å². The van der Waals surface area contributed by atoms with Gasteiger partial charge in [0.15, 0.2) is 11.4 Å². The quantitative estimate of drug-likeness (QED) is 0.249. The average molecular weight is 613 g/mol. The van der Waals surface area contributed by atoms with Crippen LogP contribution in [0.1, 0.15) is 41.8 Å². The molecule has 4 rings (SSSR count). The SMILES string of the molecule is CC(C)NCc1cc(F)c2c(c1I)C(=O)C1=C(O)[C@]3(O)C(=O)C(C(N)=O)=C(O)[C@@H](N(C)C)[C@@H]3C[C@@H]1C2. The first-order valence-corrected chi connectivity index (χ1v) is 12.7. The van der Waals surface area contributed by atoms with Crippen LogP contribution in [0.3, 0.4) is 0 Å². The zero-order chi connectivity index (χ0) is 26.9. The summed E-state index contributed by atoms with van der Waals surface area (Å²) in [7, 11) is 3.14. The number of aliphatic hydroxyl groups excluding tert-OH is 2. The summed E-state index contributed by atoms with van der Waals surface area (Å²) in [5.74, 6) is -7.02. The third kappa shape index (κ3) is 3.78. The first-order chi connectivity index (χ1) is 16.7. The van der Waals surface area contributed by atoms with Gasteiger partial charge in [-0.2, -0.15) is 0 Å². The number of aliphatic hydroxyl groups is 3. The predicted molar refractivity (Wildman–Crippen MR) is 137 cm³/mol. The van der Waals surface area contributed by atoms with E-state index in [1.807, 2.05) is 36.4 Å². The number of nitrogens with one attached hydrogen (secondary N) is 1. The van der Waals surface area contributed by atoms with Crippen molar-refractivity contribution in [3.05, 3.63) is 54.8 Å². The number of amides is 1. The van der Waals surface area contributed by atoms with E-state index in [0.717, 1.165) is 0 Å². The maximum Gasteiger partial charge on any atom is 0.255 e. The zero-order valence-electron chi connectivity index (χ0n) is 20.4. The van der Waals surface area contributed by atoms with Crippen molar-refractivity contribution in [2.45, 2.75) is 50.9 Å². The molecule has 0 aliphatic heterocycles. The van der Waals surface area contributed by atoms with Crippen molar-refractivity contribution in [1.82, 2.24) is 10.2 Å². The van der Waals surface area contributed by atoms with Gasteiger partial charge >= 0.3 is 0 Å². The molecule has 1 aromatic carbocycles. The van der Waals surface area contributed by atoms with E-state index >= 15 is 4.39 Å². The summed E-state index contributed by atoms with van der Waals surface area (Å²) >= 11 is 1.97. The molecule has 0 aromatic heterocycles. The van der Waals surface area contributed by atoms with Crippen LogP contribution in [-0.4, -0.2) is 69.5 Å². The van der Waals surface area contributed by atoms with Crippen molar-refractivity contribution < 1.29 is 34.1 Å². The fourth-order valence-corrected chi connectivity index (χ4v) is 6.66. The summed E-state index contributed by atoms with van der Waals surface area (Å²) in [5.41, 5.74) is 2.58. The zero-order valence-corrected chi connectivity index (χ0v) is 22.5. The number of likely N-dealkylation sites (N-methyl/N-ethyl adjacent to an activating group) is 1. The lowest BCUT2D eigenvalue weighted by Crippen LogP contribution is -2.63. The van der Waals surface area contributed by atoms with Crippen LogP contribution in [-0.2, 0) is 22.6 Å². The first kappa shape index (κ1) is 26.7. The Bertz CT molecular complexity index is 1260. The van der Waals surface area contributed by atoms with Crippen LogP contribution in [0, 0.1) is 21.2 Å². The minimum absolute atomic E-state index is 0.0154. The highest BCUT2D eigenvalue weighted by molar-refractivity contribution is 14.1. The molecule has 9 nitrogen and oxygen atoms in total. The molecular weight excluding hydrogens is 584 g/mol. The van der Waals surface area contributed by atoms with E-state index in [-0.39, 0.29) is 35.6 Å². The van der Waals surface area contributed by atoms with Crippen LogP contribution in [0.25, 0.3) is 0 Å². The number of ketones is 2. The third-order valence-corrected chi connectivity index (χ3v) is 8.64. The number of hydrogen-bond acceptors (Lipinski definition) is 8. The molecule has 0 spiro atoms. The van der Waals surface area contributed by atoms with Gasteiger partial charge in [-0.15, -0.1) is 0 Å². The Morgan fingerprint density at radius 1 is 1.33 bits per heavy atom. The second kappa shape index (κ2) is 9.19. The van der Waals surface area contributed by atoms with E-state index < -0.39 is 63.9 Å². The molecule has 194 valence electrons. The Labute approximate surface area is 221 Å². The van der Waals surface area contributed by atoms with Gasteiger partial charge in [-0.05, 0) is 67.1 Å². The molecule has 0 saturated carbocycles. The number of allylic oxidation sites excluding steroid dienone is 1. The Hall–Kier alpha value is -2.35. The Kier molecular flexibility index (Phi) is 6.82. The molecule has 36 heavy (non-hydrogen) atoms. The standard InChI is InChI=1S/C25H29FIN3O6/c1-9(2)29-8-11-7-14(26)12-5-10-6-13-19(30(3)4)21(32)17(24(28)35)23(34)25(13,36)22(33)15(10)20(31)16(12)18(11)27/h7,9-10,13,19,29,32-33,36H,5-6,8H2,1-4H3,(H2,28,35)/t10-,13-,19-,25-/m0/s1. The van der Waals surface area contributed by atoms with E-state index in [1.165, 1.54) is 11.0 Å². The number of nitrogens with two attached hydrogens (primary N) is 1. The van der Waals surface area contributed by atoms with Crippen LogP contribution < -0.4 is 11.1 Å². The van der Waals surface area contributed by atoms with Crippen LogP contribution in [0.4, 0.5) is 4.39 Å². The number of fused-ring (bicyclic) bond motifs is 3. The van der Waals surface area contributed by atoms with E-state index in [2.05, 4.69) is 5.32 Å². The molecule has 0 bridgehead atoms. The summed E-state index contributed by atoms with van der Waals surface area (Å²) < 4.78 is 15.8. The van der Waals surface area contributed by atoms with Crippen molar-refractivity contribution in [2.75, 3.05) is 14.1 Å². The molecule has 0 unspecified atom stereocenters. The molecule has 11 heteroatoms. The van der Waals surface area contributed by atoms with Gasteiger partial charge in [-0.1, -0.05) is 13.8 Å². The van der Waals surface area contributed by atoms with E-state index in [9.17, 15) is 29.7 Å². The van der Waals surface area contributed by atoms with Gasteiger partial charge in [0.2, 0.25) is 5.78 Å². The Balaban J connectivity index is 1.91. The highest BCUT2D eigenvalue weighted by atomic mass is 127. The smallest absolute Gasteiger partial charge is 0.255 e. The van der Waals surface area contributed by atoms with Crippen molar-refractivity contribution in [3.63, 3.8) is 0 Å². The van der Waals surface area contributed by atoms with Crippen LogP contribution >= 0.6 is 22.6 Å². The molecular formula is C25H29FIN3O6. The number of carbonyl (C=O) groups excluding carboxylic acids is 3. The Morgan fingerprint density at radius 3 is 2.53 bits per heavy atom. The Morgan fingerprint density at radius 2 is 1.97 bits per heavy atom. The maximum atomic E-state index is 15.3. The highest BCUT2D eigenvalue weighted by Gasteiger charge is 2.63. The second-order valence-electron chi connectivity index (χ2n) is 10.2. The molecule has 3 aliphatic carbocycles. The normalized spacial score (nSPS) is 28.0. The van der Waals surface area contributed by atoms with Crippen molar-refractivity contribution in [1.29, 1.82) is 0 Å². The number of hydrogen-bond donors (Lipinski definition) is 5. The molecule has 1 aromatic rings. The fraction of sp³-hybridized carbons (Fsp3) is 0.480. The summed E-state index contributed by atoms with van der Waals surface area (Å²) in [5, 5.41) is 36.9. The number of primary amides is 1. The fourth-order valence-electron chi connectivity index (χ4n) is 5.74. The van der Waals surface area contributed by atoms with Gasteiger partial charge in [0.25, 0.3) is 5.91 Å². The topological polar surface area (TPSA) is 153 Å². The molecule has 0 saturated heterocycles. The highest BCUT2D eigenvalue weighted by Crippen LogP contribution is 2.52. The van der Waals surface area contributed by atoms with Crippen LogP contribution in [0.15, 0.2) is 28.7 Å². The van der Waals surface area contributed by atoms with Gasteiger partial charge in [0.05, 0.1) is 6.04 Å². The van der Waals surface area contributed by atoms with E-state index in [1.54, 1.807) is 14.1 Å². The summed E-state index contributed by atoms with van der Waals surface area (Å²) in [6.45, 7) is 4.20. The number of benzene rings is 1. The van der Waals surface area contributed by atoms with Crippen molar-refractivity contribution in [3.8, 4) is 0 Å². The molecule has 6 N–H and O–H groups in total. The number of rotatable bonds is 5. The molecule has 1 amide bonds. The molecule has 0 heterocycles. The van der Waals surface area contributed by atoms with E-state index in [4.69, 9.17) is 5.73 Å². The van der Waals surface area contributed by atoms with Gasteiger partial charge in [-0.3, -0.25) is 19.3 Å². The van der Waals surface area contributed by atoms with Crippen molar-refractivity contribution >= 4 is 40.1 Å². The third-order valence-electron chi connectivity index (χ3n) is 7.41.